The number of aromatic nitrogens is 1. The molecule has 0 aliphatic carbocycles. The number of esters is 1. The zero-order valence-corrected chi connectivity index (χ0v) is 17.4. The molecule has 0 saturated heterocycles. The number of hydrogen-bond acceptors (Lipinski definition) is 7. The minimum atomic E-state index is -0.538. The number of nitrogens with zero attached hydrogens (tertiary/aromatic N) is 2. The van der Waals surface area contributed by atoms with Crippen molar-refractivity contribution in [2.45, 2.75) is 18.4 Å². The lowest BCUT2D eigenvalue weighted by molar-refractivity contribution is -0.145. The van der Waals surface area contributed by atoms with E-state index in [9.17, 15) is 14.9 Å². The number of benzene rings is 1. The van der Waals surface area contributed by atoms with Gasteiger partial charge < -0.3 is 4.74 Å². The quantitative estimate of drug-likeness (QED) is 0.290. The van der Waals surface area contributed by atoms with E-state index in [1.165, 1.54) is 11.8 Å². The Morgan fingerprint density at radius 2 is 2.00 bits per heavy atom. The summed E-state index contributed by atoms with van der Waals surface area (Å²) < 4.78 is 4.82. The molecule has 0 saturated carbocycles. The minimum Gasteiger partial charge on any atom is -0.466 e. The van der Waals surface area contributed by atoms with Crippen LogP contribution in [0.5, 0.6) is 0 Å². The van der Waals surface area contributed by atoms with Crippen LogP contribution in [-0.2, 0) is 14.3 Å². The maximum Gasteiger partial charge on any atom is 0.313 e. The Kier molecular flexibility index (Phi) is 7.17. The summed E-state index contributed by atoms with van der Waals surface area (Å²) in [7, 11) is 0. The highest BCUT2D eigenvalue weighted by Crippen LogP contribution is 2.36. The van der Waals surface area contributed by atoms with E-state index in [1.807, 2.05) is 53.9 Å². The first-order valence-electron chi connectivity index (χ1n) is 8.97. The SMILES string of the molecule is CCOC(=O)CC(=O)CSc1nc(-c2ccccc2)cc(-c2cccs2)c1C#N. The number of pyridine rings is 1. The summed E-state index contributed by atoms with van der Waals surface area (Å²) >= 11 is 2.71. The first-order chi connectivity index (χ1) is 14.1. The Bertz CT molecular complexity index is 1040. The Balaban J connectivity index is 1.95. The lowest BCUT2D eigenvalue weighted by Gasteiger charge is -2.11. The van der Waals surface area contributed by atoms with Crippen LogP contribution in [0, 0.1) is 11.3 Å². The van der Waals surface area contributed by atoms with E-state index in [4.69, 9.17) is 4.74 Å². The van der Waals surface area contributed by atoms with Crippen molar-refractivity contribution in [1.82, 2.24) is 4.98 Å². The molecule has 0 unspecified atom stereocenters. The van der Waals surface area contributed by atoms with Crippen LogP contribution in [0.4, 0.5) is 0 Å². The number of ether oxygens (including phenoxy) is 1. The molecule has 2 heterocycles. The van der Waals surface area contributed by atoms with Crippen molar-refractivity contribution in [3.63, 3.8) is 0 Å². The third-order valence-electron chi connectivity index (χ3n) is 3.97. The second kappa shape index (κ2) is 10.0. The Morgan fingerprint density at radius 1 is 1.21 bits per heavy atom. The molecule has 0 aliphatic rings. The number of ketones is 1. The molecule has 1 aromatic carbocycles. The maximum absolute atomic E-state index is 12.1. The number of rotatable bonds is 8. The van der Waals surface area contributed by atoms with Crippen molar-refractivity contribution in [3.05, 3.63) is 59.5 Å². The molecule has 0 fully saturated rings. The molecule has 29 heavy (non-hydrogen) atoms. The smallest absolute Gasteiger partial charge is 0.313 e. The molecule has 0 amide bonds. The van der Waals surface area contributed by atoms with Gasteiger partial charge in [-0.1, -0.05) is 48.2 Å². The largest absolute Gasteiger partial charge is 0.466 e. The summed E-state index contributed by atoms with van der Waals surface area (Å²) in [5, 5.41) is 12.2. The molecular formula is C22H18N2O3S2. The molecule has 0 radical (unpaired) electrons. The van der Waals surface area contributed by atoms with Crippen LogP contribution in [-0.4, -0.2) is 29.1 Å². The Hall–Kier alpha value is -2.95. The normalized spacial score (nSPS) is 10.3. The van der Waals surface area contributed by atoms with Gasteiger partial charge in [0.2, 0.25) is 0 Å². The molecule has 3 rings (SSSR count). The number of Topliss-reactive ketones (excluding diaryl/α,β-unsaturated/α-hetero) is 1. The molecule has 146 valence electrons. The average molecular weight is 423 g/mol. The fraction of sp³-hybridized carbons (Fsp3) is 0.182. The van der Waals surface area contributed by atoms with E-state index in [2.05, 4.69) is 11.1 Å². The summed E-state index contributed by atoms with van der Waals surface area (Å²) in [6.07, 6.45) is -0.279. The molecule has 0 bridgehead atoms. The highest BCUT2D eigenvalue weighted by molar-refractivity contribution is 8.00. The Labute approximate surface area is 177 Å². The zero-order valence-electron chi connectivity index (χ0n) is 15.8. The van der Waals surface area contributed by atoms with Crippen LogP contribution in [0.25, 0.3) is 21.7 Å². The maximum atomic E-state index is 12.1. The fourth-order valence-corrected chi connectivity index (χ4v) is 4.30. The molecule has 0 N–H and O–H groups in total. The Morgan fingerprint density at radius 3 is 2.66 bits per heavy atom. The van der Waals surface area contributed by atoms with E-state index >= 15 is 0 Å². The van der Waals surface area contributed by atoms with E-state index in [0.717, 1.165) is 21.7 Å². The highest BCUT2D eigenvalue weighted by Gasteiger charge is 2.18. The van der Waals surface area contributed by atoms with Gasteiger partial charge in [-0.25, -0.2) is 4.98 Å². The van der Waals surface area contributed by atoms with E-state index in [0.29, 0.717) is 10.6 Å². The number of nitriles is 1. The van der Waals surface area contributed by atoms with Crippen molar-refractivity contribution in [2.75, 3.05) is 12.4 Å². The van der Waals surface area contributed by atoms with Gasteiger partial charge in [0.15, 0.2) is 5.78 Å². The summed E-state index contributed by atoms with van der Waals surface area (Å²) in [4.78, 5) is 29.3. The van der Waals surface area contributed by atoms with Crippen molar-refractivity contribution in [2.24, 2.45) is 0 Å². The topological polar surface area (TPSA) is 80.1 Å². The second-order valence-corrected chi connectivity index (χ2v) is 7.91. The molecular weight excluding hydrogens is 404 g/mol. The third-order valence-corrected chi connectivity index (χ3v) is 5.91. The molecule has 5 nitrogen and oxygen atoms in total. The number of hydrogen-bond donors (Lipinski definition) is 0. The number of carbonyl (C=O) groups is 2. The van der Waals surface area contributed by atoms with Crippen LogP contribution >= 0.6 is 23.1 Å². The fourth-order valence-electron chi connectivity index (χ4n) is 2.69. The summed E-state index contributed by atoms with van der Waals surface area (Å²) in [6.45, 7) is 1.93. The van der Waals surface area contributed by atoms with Crippen LogP contribution in [0.2, 0.25) is 0 Å². The second-order valence-electron chi connectivity index (χ2n) is 6.00. The summed E-state index contributed by atoms with van der Waals surface area (Å²) in [5.41, 5.74) is 2.88. The van der Waals surface area contributed by atoms with Crippen LogP contribution < -0.4 is 0 Å². The third kappa shape index (κ3) is 5.31. The summed E-state index contributed by atoms with van der Waals surface area (Å²) in [5.74, 6) is -0.756. The first-order valence-corrected chi connectivity index (χ1v) is 10.8. The van der Waals surface area contributed by atoms with Gasteiger partial charge in [0.05, 0.1) is 23.6 Å². The predicted molar refractivity (Wildman–Crippen MR) is 115 cm³/mol. The van der Waals surface area contributed by atoms with Crippen molar-refractivity contribution >= 4 is 34.9 Å². The molecule has 0 atom stereocenters. The zero-order chi connectivity index (χ0) is 20.6. The van der Waals surface area contributed by atoms with Crippen LogP contribution in [0.3, 0.4) is 0 Å². The molecule has 0 aliphatic heterocycles. The van der Waals surface area contributed by atoms with Gasteiger partial charge in [0.25, 0.3) is 0 Å². The molecule has 2 aromatic heterocycles. The standard InChI is InChI=1S/C22H18N2O3S2/c1-2-27-21(26)11-16(25)14-29-22-18(13-23)17(20-9-6-10-28-20)12-19(24-22)15-7-4-3-5-8-15/h3-10,12H,2,11,14H2,1H3. The van der Waals surface area contributed by atoms with Crippen LogP contribution in [0.1, 0.15) is 18.9 Å². The number of thiophene rings is 1. The van der Waals surface area contributed by atoms with E-state index < -0.39 is 5.97 Å². The summed E-state index contributed by atoms with van der Waals surface area (Å²) in [6, 6.07) is 17.7. The highest BCUT2D eigenvalue weighted by atomic mass is 32.2. The van der Waals surface area contributed by atoms with E-state index in [1.54, 1.807) is 18.3 Å². The molecule has 7 heteroatoms. The molecule has 3 aromatic rings. The lowest BCUT2D eigenvalue weighted by Crippen LogP contribution is -2.13. The van der Waals surface area contributed by atoms with Gasteiger partial charge >= 0.3 is 5.97 Å². The lowest BCUT2D eigenvalue weighted by atomic mass is 10.0. The average Bonchev–Trinajstić information content (AvgIpc) is 3.27. The van der Waals surface area contributed by atoms with Crippen molar-refractivity contribution in [3.8, 4) is 27.8 Å². The van der Waals surface area contributed by atoms with Crippen molar-refractivity contribution in [1.29, 1.82) is 5.26 Å². The number of thioether (sulfide) groups is 1. The first kappa shape index (κ1) is 20.8. The minimum absolute atomic E-state index is 0.0443. The molecule has 0 spiro atoms. The van der Waals surface area contributed by atoms with Crippen LogP contribution in [0.15, 0.2) is 58.9 Å². The van der Waals surface area contributed by atoms with Gasteiger partial charge in [-0.3, -0.25) is 9.59 Å². The van der Waals surface area contributed by atoms with Gasteiger partial charge in [0.1, 0.15) is 17.5 Å². The van der Waals surface area contributed by atoms with Gasteiger partial charge in [-0.05, 0) is 24.4 Å². The number of carbonyl (C=O) groups excluding carboxylic acids is 2. The van der Waals surface area contributed by atoms with Gasteiger partial charge in [0, 0.05) is 16.0 Å². The predicted octanol–water partition coefficient (Wildman–Crippen LogP) is 4.96. The van der Waals surface area contributed by atoms with Gasteiger partial charge in [-0.2, -0.15) is 5.26 Å². The van der Waals surface area contributed by atoms with Crippen molar-refractivity contribution < 1.29 is 14.3 Å². The monoisotopic (exact) mass is 422 g/mol. The van der Waals surface area contributed by atoms with Gasteiger partial charge in [-0.15, -0.1) is 11.3 Å². The van der Waals surface area contributed by atoms with E-state index in [-0.39, 0.29) is 24.6 Å².